The summed E-state index contributed by atoms with van der Waals surface area (Å²) in [5.41, 5.74) is 3.84. The van der Waals surface area contributed by atoms with Crippen molar-refractivity contribution in [2.45, 2.75) is 32.6 Å². The van der Waals surface area contributed by atoms with E-state index >= 15 is 0 Å². The molecule has 30 heavy (non-hydrogen) atoms. The summed E-state index contributed by atoms with van der Waals surface area (Å²) in [5.74, 6) is 1.87. The fourth-order valence-corrected chi connectivity index (χ4v) is 4.28. The minimum Gasteiger partial charge on any atom is -0.369 e. The molecule has 3 rings (SSSR count). The first kappa shape index (κ1) is 21.7. The number of hydrogen-bond acceptors (Lipinski definition) is 7. The lowest BCUT2D eigenvalue weighted by atomic mass is 10.1. The van der Waals surface area contributed by atoms with E-state index in [-0.39, 0.29) is 6.54 Å². The highest BCUT2D eigenvalue weighted by atomic mass is 32.2. The van der Waals surface area contributed by atoms with Gasteiger partial charge in [0.05, 0.1) is 4.90 Å². The zero-order valence-electron chi connectivity index (χ0n) is 17.5. The summed E-state index contributed by atoms with van der Waals surface area (Å²) in [5, 5.41) is 6.23. The van der Waals surface area contributed by atoms with E-state index in [1.165, 1.54) is 6.33 Å². The number of anilines is 3. The first-order valence-corrected chi connectivity index (χ1v) is 11.1. The summed E-state index contributed by atoms with van der Waals surface area (Å²) >= 11 is 0. The van der Waals surface area contributed by atoms with Gasteiger partial charge < -0.3 is 10.6 Å². The number of pyridine rings is 1. The molecule has 9 heteroatoms. The van der Waals surface area contributed by atoms with Crippen molar-refractivity contribution in [3.05, 3.63) is 65.1 Å². The van der Waals surface area contributed by atoms with Gasteiger partial charge in [0.25, 0.3) is 0 Å². The van der Waals surface area contributed by atoms with Gasteiger partial charge in [-0.3, -0.25) is 0 Å². The van der Waals surface area contributed by atoms with Crippen LogP contribution < -0.4 is 15.4 Å². The van der Waals surface area contributed by atoms with E-state index in [0.29, 0.717) is 28.9 Å². The Labute approximate surface area is 177 Å². The van der Waals surface area contributed by atoms with Gasteiger partial charge in [0.15, 0.2) is 0 Å². The molecular weight excluding hydrogens is 400 g/mol. The Kier molecular flexibility index (Phi) is 6.63. The number of sulfonamides is 1. The molecule has 0 aliphatic carbocycles. The van der Waals surface area contributed by atoms with Crippen molar-refractivity contribution < 1.29 is 8.42 Å². The third-order valence-electron chi connectivity index (χ3n) is 4.64. The quantitative estimate of drug-likeness (QED) is 0.475. The van der Waals surface area contributed by atoms with E-state index in [4.69, 9.17) is 0 Å². The van der Waals surface area contributed by atoms with Crippen LogP contribution in [0, 0.1) is 27.7 Å². The highest BCUT2D eigenvalue weighted by Crippen LogP contribution is 2.20. The van der Waals surface area contributed by atoms with E-state index in [0.717, 1.165) is 22.3 Å². The van der Waals surface area contributed by atoms with Crippen LogP contribution in [0.4, 0.5) is 17.5 Å². The summed E-state index contributed by atoms with van der Waals surface area (Å²) in [6, 6.07) is 9.17. The van der Waals surface area contributed by atoms with Crippen molar-refractivity contribution in [1.82, 2.24) is 19.7 Å². The Hall–Kier alpha value is -3.04. The standard InChI is InChI=1S/C21H26N6O2S/c1-14-5-6-22-20(9-14)27-21-12-19(24-13-25-21)23-7-8-26-30(28,29)18-11-16(3)15(2)10-17(18)4/h5-6,9-13,26H,7-8H2,1-4H3,(H2,22,23,24,25,27). The number of rotatable bonds is 8. The van der Waals surface area contributed by atoms with Crippen molar-refractivity contribution in [3.8, 4) is 0 Å². The Bertz CT molecular complexity index is 1150. The Morgan fingerprint density at radius 3 is 2.27 bits per heavy atom. The van der Waals surface area contributed by atoms with Crippen molar-refractivity contribution in [3.63, 3.8) is 0 Å². The SMILES string of the molecule is Cc1ccnc(Nc2cc(NCCNS(=O)(=O)c3cc(C)c(C)cc3C)ncn2)c1. The summed E-state index contributed by atoms with van der Waals surface area (Å²) in [6.07, 6.45) is 3.16. The topological polar surface area (TPSA) is 109 Å². The van der Waals surface area contributed by atoms with Crippen LogP contribution in [0.2, 0.25) is 0 Å². The third-order valence-corrected chi connectivity index (χ3v) is 6.25. The predicted molar refractivity (Wildman–Crippen MR) is 119 cm³/mol. The number of nitrogens with one attached hydrogen (secondary N) is 3. The van der Waals surface area contributed by atoms with Crippen LogP contribution in [0.3, 0.4) is 0 Å². The zero-order valence-corrected chi connectivity index (χ0v) is 18.3. The second kappa shape index (κ2) is 9.19. The van der Waals surface area contributed by atoms with Gasteiger partial charge in [-0.2, -0.15) is 0 Å². The summed E-state index contributed by atoms with van der Waals surface area (Å²) in [7, 11) is -3.58. The maximum absolute atomic E-state index is 12.6. The Balaban J connectivity index is 1.57. The van der Waals surface area contributed by atoms with Crippen LogP contribution in [0.15, 0.2) is 47.8 Å². The van der Waals surface area contributed by atoms with E-state index in [9.17, 15) is 8.42 Å². The molecule has 2 aromatic heterocycles. The average molecular weight is 427 g/mol. The smallest absolute Gasteiger partial charge is 0.240 e. The fourth-order valence-electron chi connectivity index (χ4n) is 2.94. The molecule has 0 radical (unpaired) electrons. The molecule has 0 aliphatic rings. The first-order chi connectivity index (χ1) is 14.2. The molecule has 2 heterocycles. The zero-order chi connectivity index (χ0) is 21.7. The van der Waals surface area contributed by atoms with E-state index in [1.807, 2.05) is 39.0 Å². The molecule has 3 aromatic rings. The molecule has 0 atom stereocenters. The molecule has 0 unspecified atom stereocenters. The van der Waals surface area contributed by atoms with Gasteiger partial charge >= 0.3 is 0 Å². The maximum atomic E-state index is 12.6. The van der Waals surface area contributed by atoms with Gasteiger partial charge in [0.2, 0.25) is 10.0 Å². The predicted octanol–water partition coefficient (Wildman–Crippen LogP) is 3.24. The lowest BCUT2D eigenvalue weighted by Crippen LogP contribution is -2.29. The molecular formula is C21H26N6O2S. The number of aryl methyl sites for hydroxylation is 4. The molecule has 158 valence electrons. The largest absolute Gasteiger partial charge is 0.369 e. The summed E-state index contributed by atoms with van der Waals surface area (Å²) < 4.78 is 27.9. The summed E-state index contributed by atoms with van der Waals surface area (Å²) in [6.45, 7) is 8.26. The highest BCUT2D eigenvalue weighted by molar-refractivity contribution is 7.89. The lowest BCUT2D eigenvalue weighted by Gasteiger charge is -2.12. The van der Waals surface area contributed by atoms with Crippen molar-refractivity contribution in [2.75, 3.05) is 23.7 Å². The van der Waals surface area contributed by atoms with Crippen LogP contribution >= 0.6 is 0 Å². The van der Waals surface area contributed by atoms with Crippen LogP contribution in [-0.2, 0) is 10.0 Å². The van der Waals surface area contributed by atoms with Gasteiger partial charge in [0, 0.05) is 25.4 Å². The number of hydrogen-bond donors (Lipinski definition) is 3. The molecule has 0 fully saturated rings. The van der Waals surface area contributed by atoms with Crippen molar-refractivity contribution in [2.24, 2.45) is 0 Å². The van der Waals surface area contributed by atoms with Crippen LogP contribution in [0.1, 0.15) is 22.3 Å². The molecule has 0 amide bonds. The second-order valence-electron chi connectivity index (χ2n) is 7.16. The monoisotopic (exact) mass is 426 g/mol. The average Bonchev–Trinajstić information content (AvgIpc) is 2.68. The minimum absolute atomic E-state index is 0.223. The van der Waals surface area contributed by atoms with Crippen LogP contribution in [0.25, 0.3) is 0 Å². The van der Waals surface area contributed by atoms with Crippen molar-refractivity contribution >= 4 is 27.5 Å². The normalized spacial score (nSPS) is 11.3. The third kappa shape index (κ3) is 5.52. The molecule has 1 aromatic carbocycles. The number of aromatic nitrogens is 3. The summed E-state index contributed by atoms with van der Waals surface area (Å²) in [4.78, 5) is 12.9. The van der Waals surface area contributed by atoms with Crippen LogP contribution in [-0.4, -0.2) is 36.5 Å². The van der Waals surface area contributed by atoms with Gasteiger partial charge in [-0.25, -0.2) is 28.1 Å². The molecule has 0 aliphatic heterocycles. The van der Waals surface area contributed by atoms with E-state index in [1.54, 1.807) is 25.3 Å². The number of nitrogens with zero attached hydrogens (tertiary/aromatic N) is 3. The van der Waals surface area contributed by atoms with Crippen molar-refractivity contribution in [1.29, 1.82) is 0 Å². The van der Waals surface area contributed by atoms with Gasteiger partial charge in [-0.1, -0.05) is 6.07 Å². The Morgan fingerprint density at radius 2 is 1.50 bits per heavy atom. The first-order valence-electron chi connectivity index (χ1n) is 9.58. The van der Waals surface area contributed by atoms with Crippen LogP contribution in [0.5, 0.6) is 0 Å². The number of benzene rings is 1. The fraction of sp³-hybridized carbons (Fsp3) is 0.286. The van der Waals surface area contributed by atoms with E-state index < -0.39 is 10.0 Å². The molecule has 0 spiro atoms. The highest BCUT2D eigenvalue weighted by Gasteiger charge is 2.17. The molecule has 0 bridgehead atoms. The minimum atomic E-state index is -3.58. The second-order valence-corrected chi connectivity index (χ2v) is 8.89. The Morgan fingerprint density at radius 1 is 0.800 bits per heavy atom. The molecule has 0 saturated carbocycles. The van der Waals surface area contributed by atoms with Gasteiger partial charge in [-0.15, -0.1) is 0 Å². The van der Waals surface area contributed by atoms with Gasteiger partial charge in [0.1, 0.15) is 23.8 Å². The lowest BCUT2D eigenvalue weighted by molar-refractivity contribution is 0.582. The molecule has 0 saturated heterocycles. The maximum Gasteiger partial charge on any atom is 0.240 e. The van der Waals surface area contributed by atoms with Gasteiger partial charge in [-0.05, 0) is 68.1 Å². The molecule has 3 N–H and O–H groups in total. The van der Waals surface area contributed by atoms with E-state index in [2.05, 4.69) is 30.3 Å². The molecule has 8 nitrogen and oxygen atoms in total.